The third-order valence-electron chi connectivity index (χ3n) is 3.84. The van der Waals surface area contributed by atoms with Gasteiger partial charge in [-0.1, -0.05) is 18.2 Å². The Labute approximate surface area is 123 Å². The first-order valence-corrected chi connectivity index (χ1v) is 7.16. The van der Waals surface area contributed by atoms with E-state index in [4.69, 9.17) is 4.74 Å². The first kappa shape index (κ1) is 13.8. The van der Waals surface area contributed by atoms with Gasteiger partial charge < -0.3 is 15.2 Å². The standard InChI is InChI=1S/C16H18N2O3/c1-10(15-7-4-8-21-15)17-13-9-14(16(19)20)18-12-6-3-2-5-11(12)13/h2-3,5-6,9-10,15H,4,7-8H2,1H3,(H,17,18)(H,19,20). The minimum Gasteiger partial charge on any atom is -0.477 e. The Morgan fingerprint density at radius 2 is 2.29 bits per heavy atom. The first-order chi connectivity index (χ1) is 10.1. The van der Waals surface area contributed by atoms with Gasteiger partial charge in [-0.05, 0) is 31.9 Å². The summed E-state index contributed by atoms with van der Waals surface area (Å²) >= 11 is 0. The molecule has 5 nitrogen and oxygen atoms in total. The van der Waals surface area contributed by atoms with E-state index in [9.17, 15) is 9.90 Å². The van der Waals surface area contributed by atoms with Gasteiger partial charge in [0.05, 0.1) is 11.6 Å². The predicted octanol–water partition coefficient (Wildman–Crippen LogP) is 2.91. The summed E-state index contributed by atoms with van der Waals surface area (Å²) in [6.45, 7) is 2.86. The molecule has 0 amide bonds. The summed E-state index contributed by atoms with van der Waals surface area (Å²) in [5.74, 6) is -1.02. The van der Waals surface area contributed by atoms with Gasteiger partial charge in [-0.2, -0.15) is 0 Å². The smallest absolute Gasteiger partial charge is 0.354 e. The van der Waals surface area contributed by atoms with Crippen LogP contribution < -0.4 is 5.32 Å². The Bertz CT molecular complexity index is 666. The Morgan fingerprint density at radius 3 is 3.00 bits per heavy atom. The van der Waals surface area contributed by atoms with Crippen LogP contribution in [0.2, 0.25) is 0 Å². The number of carboxylic acids is 1. The zero-order valence-electron chi connectivity index (χ0n) is 11.9. The molecule has 0 spiro atoms. The van der Waals surface area contributed by atoms with Crippen LogP contribution in [-0.4, -0.2) is 34.8 Å². The molecule has 1 saturated heterocycles. The molecule has 1 aliphatic heterocycles. The highest BCUT2D eigenvalue weighted by atomic mass is 16.5. The van der Waals surface area contributed by atoms with E-state index in [1.54, 1.807) is 6.07 Å². The van der Waals surface area contributed by atoms with Gasteiger partial charge in [0.25, 0.3) is 0 Å². The van der Waals surface area contributed by atoms with Gasteiger partial charge in [0, 0.05) is 23.7 Å². The van der Waals surface area contributed by atoms with Crippen LogP contribution >= 0.6 is 0 Å². The Morgan fingerprint density at radius 1 is 1.48 bits per heavy atom. The van der Waals surface area contributed by atoms with Crippen molar-refractivity contribution in [2.45, 2.75) is 31.9 Å². The van der Waals surface area contributed by atoms with Crippen LogP contribution in [0.15, 0.2) is 30.3 Å². The molecular formula is C16H18N2O3. The number of rotatable bonds is 4. The molecule has 2 aromatic rings. The Kier molecular flexibility index (Phi) is 3.75. The second kappa shape index (κ2) is 5.69. The molecule has 1 fully saturated rings. The van der Waals surface area contributed by atoms with E-state index in [0.29, 0.717) is 5.52 Å². The van der Waals surface area contributed by atoms with E-state index in [2.05, 4.69) is 17.2 Å². The highest BCUT2D eigenvalue weighted by Gasteiger charge is 2.23. The summed E-state index contributed by atoms with van der Waals surface area (Å²) in [4.78, 5) is 15.4. The lowest BCUT2D eigenvalue weighted by Gasteiger charge is -2.22. The summed E-state index contributed by atoms with van der Waals surface area (Å²) in [5, 5.41) is 13.5. The summed E-state index contributed by atoms with van der Waals surface area (Å²) in [7, 11) is 0. The fourth-order valence-corrected chi connectivity index (χ4v) is 2.74. The monoisotopic (exact) mass is 286 g/mol. The normalized spacial score (nSPS) is 19.6. The molecule has 2 heterocycles. The molecule has 21 heavy (non-hydrogen) atoms. The van der Waals surface area contributed by atoms with Crippen molar-refractivity contribution in [2.24, 2.45) is 0 Å². The molecule has 2 N–H and O–H groups in total. The molecule has 0 bridgehead atoms. The maximum absolute atomic E-state index is 11.2. The second-order valence-corrected chi connectivity index (χ2v) is 5.36. The number of benzene rings is 1. The van der Waals surface area contributed by atoms with Gasteiger partial charge >= 0.3 is 5.97 Å². The second-order valence-electron chi connectivity index (χ2n) is 5.36. The lowest BCUT2D eigenvalue weighted by atomic mass is 10.1. The lowest BCUT2D eigenvalue weighted by Crippen LogP contribution is -2.30. The number of pyridine rings is 1. The van der Waals surface area contributed by atoms with Gasteiger partial charge in [-0.25, -0.2) is 9.78 Å². The fourth-order valence-electron chi connectivity index (χ4n) is 2.74. The van der Waals surface area contributed by atoms with Crippen LogP contribution in [0.1, 0.15) is 30.3 Å². The van der Waals surface area contributed by atoms with Crippen molar-refractivity contribution in [1.29, 1.82) is 0 Å². The summed E-state index contributed by atoms with van der Waals surface area (Å²) in [5.41, 5.74) is 1.52. The number of nitrogens with zero attached hydrogens (tertiary/aromatic N) is 1. The number of hydrogen-bond acceptors (Lipinski definition) is 4. The minimum atomic E-state index is -1.02. The molecular weight excluding hydrogens is 268 g/mol. The predicted molar refractivity (Wildman–Crippen MR) is 80.8 cm³/mol. The van der Waals surface area contributed by atoms with Crippen molar-refractivity contribution < 1.29 is 14.6 Å². The number of anilines is 1. The zero-order chi connectivity index (χ0) is 14.8. The summed E-state index contributed by atoms with van der Waals surface area (Å²) < 4.78 is 5.68. The van der Waals surface area contributed by atoms with Gasteiger partial charge in [-0.15, -0.1) is 0 Å². The van der Waals surface area contributed by atoms with E-state index >= 15 is 0 Å². The van der Waals surface area contributed by atoms with Crippen LogP contribution in [0.5, 0.6) is 0 Å². The number of carboxylic acid groups (broad SMARTS) is 1. The number of fused-ring (bicyclic) bond motifs is 1. The van der Waals surface area contributed by atoms with Gasteiger partial charge in [-0.3, -0.25) is 0 Å². The van der Waals surface area contributed by atoms with Crippen LogP contribution in [0, 0.1) is 0 Å². The number of nitrogens with one attached hydrogen (secondary N) is 1. The third-order valence-corrected chi connectivity index (χ3v) is 3.84. The zero-order valence-corrected chi connectivity index (χ0v) is 11.9. The maximum Gasteiger partial charge on any atom is 0.354 e. The number of aromatic carboxylic acids is 1. The Balaban J connectivity index is 1.97. The van der Waals surface area contributed by atoms with Crippen molar-refractivity contribution in [3.05, 3.63) is 36.0 Å². The number of carbonyl (C=O) groups is 1. The van der Waals surface area contributed by atoms with E-state index in [1.807, 2.05) is 24.3 Å². The average Bonchev–Trinajstić information content (AvgIpc) is 3.01. The SMILES string of the molecule is CC(Nc1cc(C(=O)O)nc2ccccc12)C1CCCO1. The Hall–Kier alpha value is -2.14. The van der Waals surface area contributed by atoms with Crippen LogP contribution in [0.3, 0.4) is 0 Å². The highest BCUT2D eigenvalue weighted by molar-refractivity contribution is 5.97. The maximum atomic E-state index is 11.2. The quantitative estimate of drug-likeness (QED) is 0.904. The van der Waals surface area contributed by atoms with Gasteiger partial charge in [0.1, 0.15) is 0 Å². The summed E-state index contributed by atoms with van der Waals surface area (Å²) in [6.07, 6.45) is 2.28. The van der Waals surface area contributed by atoms with Crippen molar-refractivity contribution in [3.8, 4) is 0 Å². The van der Waals surface area contributed by atoms with Gasteiger partial charge in [0.2, 0.25) is 0 Å². The van der Waals surface area contributed by atoms with E-state index in [-0.39, 0.29) is 17.8 Å². The fraction of sp³-hybridized carbons (Fsp3) is 0.375. The van der Waals surface area contributed by atoms with E-state index in [0.717, 1.165) is 30.5 Å². The minimum absolute atomic E-state index is 0.0516. The summed E-state index contributed by atoms with van der Waals surface area (Å²) in [6, 6.07) is 9.26. The topological polar surface area (TPSA) is 71.5 Å². The van der Waals surface area contributed by atoms with Crippen molar-refractivity contribution in [1.82, 2.24) is 4.98 Å². The molecule has 2 atom stereocenters. The molecule has 3 rings (SSSR count). The number of ether oxygens (including phenoxy) is 1. The molecule has 0 saturated carbocycles. The number of para-hydroxylation sites is 1. The number of aromatic nitrogens is 1. The molecule has 5 heteroatoms. The van der Waals surface area contributed by atoms with Crippen molar-refractivity contribution in [3.63, 3.8) is 0 Å². The molecule has 1 aromatic carbocycles. The van der Waals surface area contributed by atoms with Gasteiger partial charge in [0.15, 0.2) is 5.69 Å². The largest absolute Gasteiger partial charge is 0.477 e. The molecule has 1 aromatic heterocycles. The number of hydrogen-bond donors (Lipinski definition) is 2. The van der Waals surface area contributed by atoms with Crippen molar-refractivity contribution in [2.75, 3.05) is 11.9 Å². The van der Waals surface area contributed by atoms with E-state index < -0.39 is 5.97 Å². The van der Waals surface area contributed by atoms with Crippen molar-refractivity contribution >= 4 is 22.6 Å². The van der Waals surface area contributed by atoms with Crippen LogP contribution in [0.4, 0.5) is 5.69 Å². The molecule has 1 aliphatic rings. The first-order valence-electron chi connectivity index (χ1n) is 7.16. The third kappa shape index (κ3) is 2.83. The average molecular weight is 286 g/mol. The lowest BCUT2D eigenvalue weighted by molar-refractivity contribution is 0.0691. The highest BCUT2D eigenvalue weighted by Crippen LogP contribution is 2.26. The van der Waals surface area contributed by atoms with Crippen LogP contribution in [0.25, 0.3) is 10.9 Å². The molecule has 2 unspecified atom stereocenters. The van der Waals surface area contributed by atoms with E-state index in [1.165, 1.54) is 0 Å². The molecule has 0 radical (unpaired) electrons. The molecule has 0 aliphatic carbocycles. The van der Waals surface area contributed by atoms with Crippen LogP contribution in [-0.2, 0) is 4.74 Å². The molecule has 110 valence electrons.